The number of hydrogen-bond acceptors (Lipinski definition) is 3. The summed E-state index contributed by atoms with van der Waals surface area (Å²) in [6, 6.07) is 26.3. The van der Waals surface area contributed by atoms with Crippen LogP contribution < -0.4 is 0 Å². The maximum atomic E-state index is 4.21. The first-order chi connectivity index (χ1) is 18.9. The van der Waals surface area contributed by atoms with Crippen LogP contribution in [-0.2, 0) is 119 Å². The SMILES string of the molecule is C[CH-]C.C[CH-]C.C[CH-]C.Cn1cc2c[c-]ccc2n1.Cn1cnc2c[c-]ccc21.Cn1ncc2c[c-]ccc21.[Y].[Y].[Y]. The minimum atomic E-state index is 0. The summed E-state index contributed by atoms with van der Waals surface area (Å²) < 4.78 is 5.64. The van der Waals surface area contributed by atoms with Crippen molar-refractivity contribution in [2.45, 2.75) is 41.5 Å². The average molecular weight is 789 g/mol. The molecule has 3 aromatic carbocycles. The van der Waals surface area contributed by atoms with E-state index in [2.05, 4.69) is 33.4 Å². The fraction of sp³-hybridized carbons (Fsp3) is 0.273. The normalized spacial score (nSPS) is 8.79. The Balaban J connectivity index is -0.000000462. The largest absolute Gasteiger partial charge is 0.358 e. The van der Waals surface area contributed by atoms with Crippen LogP contribution in [0.3, 0.4) is 0 Å². The second-order valence-electron chi connectivity index (χ2n) is 8.54. The van der Waals surface area contributed by atoms with Gasteiger partial charge in [-0.15, -0.1) is 24.3 Å². The van der Waals surface area contributed by atoms with Gasteiger partial charge in [0.25, 0.3) is 0 Å². The molecule has 6 rings (SSSR count). The summed E-state index contributed by atoms with van der Waals surface area (Å²) in [4.78, 5) is 4.15. The smallest absolute Gasteiger partial charge is 0.0796 e. The van der Waals surface area contributed by atoms with E-state index in [9.17, 15) is 0 Å². The number of nitrogens with zero attached hydrogens (tertiary/aromatic N) is 6. The molecule has 9 heteroatoms. The predicted octanol–water partition coefficient (Wildman–Crippen LogP) is 7.80. The number of hydrogen-bond donors (Lipinski definition) is 0. The molecule has 0 saturated carbocycles. The Labute approximate surface area is 329 Å². The van der Waals surface area contributed by atoms with Gasteiger partial charge in [-0.25, -0.2) is 5.10 Å². The molecule has 0 saturated heterocycles. The van der Waals surface area contributed by atoms with Gasteiger partial charge in [0.2, 0.25) is 0 Å². The van der Waals surface area contributed by atoms with E-state index in [0.717, 1.165) is 32.8 Å². The van der Waals surface area contributed by atoms with E-state index in [-0.39, 0.29) is 98.1 Å². The summed E-state index contributed by atoms with van der Waals surface area (Å²) in [6.07, 6.45) is 11.6. The van der Waals surface area contributed by atoms with E-state index in [1.165, 1.54) is 0 Å². The van der Waals surface area contributed by atoms with E-state index in [4.69, 9.17) is 0 Å². The predicted molar refractivity (Wildman–Crippen MR) is 166 cm³/mol. The Hall–Kier alpha value is -0.618. The minimum Gasteiger partial charge on any atom is -0.358 e. The van der Waals surface area contributed by atoms with Crippen LogP contribution in [-0.4, -0.2) is 29.1 Å². The Kier molecular flexibility index (Phi) is 30.4. The van der Waals surface area contributed by atoms with Gasteiger partial charge in [0.1, 0.15) is 0 Å². The third-order valence-corrected chi connectivity index (χ3v) is 4.62. The molecule has 6 nitrogen and oxygen atoms in total. The van der Waals surface area contributed by atoms with Gasteiger partial charge in [0, 0.05) is 125 Å². The van der Waals surface area contributed by atoms with Crippen molar-refractivity contribution in [1.29, 1.82) is 0 Å². The minimum absolute atomic E-state index is 0. The Morgan fingerprint density at radius 2 is 1.14 bits per heavy atom. The second-order valence-corrected chi connectivity index (χ2v) is 8.54. The number of aromatic nitrogens is 6. The second kappa shape index (κ2) is 27.9. The zero-order chi connectivity index (χ0) is 29.0. The molecular weight excluding hydrogens is 747 g/mol. The van der Waals surface area contributed by atoms with Crippen LogP contribution in [0.2, 0.25) is 0 Å². The molecule has 0 aliphatic heterocycles. The van der Waals surface area contributed by atoms with Gasteiger partial charge in [-0.1, -0.05) is 10.8 Å². The maximum Gasteiger partial charge on any atom is 0.0796 e. The Morgan fingerprint density at radius 1 is 0.643 bits per heavy atom. The number of benzene rings is 3. The standard InChI is InChI=1S/3C8H7N2.3C3H7.3Y/c1-10-6-9-7-4-2-3-5-8(7)10;1-10-6-7-4-2-3-5-8(7)9-10;1-10-8-5-3-2-4-7(8)6-9-10;3*1-3-2;;;/h3*3-6H,1H3;3*3H,1-2H3;;;/q6*-1;;;. The number of aryl methyl sites for hydroxylation is 3. The summed E-state index contributed by atoms with van der Waals surface area (Å²) in [5.41, 5.74) is 4.34. The van der Waals surface area contributed by atoms with Crippen LogP contribution in [0.4, 0.5) is 0 Å². The molecule has 0 aliphatic carbocycles. The van der Waals surface area contributed by atoms with E-state index in [1.807, 2.05) is 158 Å². The van der Waals surface area contributed by atoms with Crippen molar-refractivity contribution < 1.29 is 98.1 Å². The summed E-state index contributed by atoms with van der Waals surface area (Å²) in [5.74, 6) is 0. The summed E-state index contributed by atoms with van der Waals surface area (Å²) in [7, 11) is 5.83. The molecule has 0 amide bonds. The number of imidazole rings is 1. The molecule has 6 aromatic rings. The number of fused-ring (bicyclic) bond motifs is 3. The fourth-order valence-electron chi connectivity index (χ4n) is 3.10. The van der Waals surface area contributed by atoms with Gasteiger partial charge >= 0.3 is 0 Å². The molecule has 0 N–H and O–H groups in total. The molecule has 3 radical (unpaired) electrons. The Morgan fingerprint density at radius 3 is 1.67 bits per heavy atom. The molecule has 0 bridgehead atoms. The van der Waals surface area contributed by atoms with Crippen LogP contribution in [0.25, 0.3) is 32.8 Å². The molecular formula is C33H42N6Y3-6. The molecule has 3 heterocycles. The first kappa shape index (κ1) is 45.8. The molecule has 3 aromatic heterocycles. The van der Waals surface area contributed by atoms with Crippen molar-refractivity contribution in [2.75, 3.05) is 0 Å². The van der Waals surface area contributed by atoms with Gasteiger partial charge in [0.05, 0.1) is 6.33 Å². The molecule has 0 aliphatic rings. The molecule has 0 spiro atoms. The van der Waals surface area contributed by atoms with Gasteiger partial charge in [0.15, 0.2) is 0 Å². The van der Waals surface area contributed by atoms with Crippen molar-refractivity contribution in [1.82, 2.24) is 29.1 Å². The number of rotatable bonds is 0. The molecule has 0 fully saturated rings. The van der Waals surface area contributed by atoms with Crippen LogP contribution >= 0.6 is 0 Å². The van der Waals surface area contributed by atoms with Crippen LogP contribution in [0.5, 0.6) is 0 Å². The molecule has 219 valence electrons. The average Bonchev–Trinajstić information content (AvgIpc) is 3.63. The summed E-state index contributed by atoms with van der Waals surface area (Å²) >= 11 is 0. The van der Waals surface area contributed by atoms with Crippen molar-refractivity contribution in [3.05, 3.63) is 111 Å². The zero-order valence-corrected chi connectivity index (χ0v) is 35.1. The third kappa shape index (κ3) is 17.0. The van der Waals surface area contributed by atoms with Gasteiger partial charge in [-0.05, 0) is 28.3 Å². The van der Waals surface area contributed by atoms with Gasteiger partial charge in [-0.2, -0.15) is 95.2 Å². The van der Waals surface area contributed by atoms with Crippen LogP contribution in [0.15, 0.2) is 73.3 Å². The van der Waals surface area contributed by atoms with Crippen LogP contribution in [0, 0.1) is 37.5 Å². The van der Waals surface area contributed by atoms with E-state index >= 15 is 0 Å². The molecule has 42 heavy (non-hydrogen) atoms. The monoisotopic (exact) mass is 789 g/mol. The van der Waals surface area contributed by atoms with Crippen molar-refractivity contribution in [3.63, 3.8) is 0 Å². The maximum absolute atomic E-state index is 4.21. The summed E-state index contributed by atoms with van der Waals surface area (Å²) in [6.45, 7) is 12.0. The topological polar surface area (TPSA) is 53.5 Å². The van der Waals surface area contributed by atoms with Crippen molar-refractivity contribution in [2.24, 2.45) is 21.1 Å². The van der Waals surface area contributed by atoms with Gasteiger partial charge < -0.3 is 28.8 Å². The third-order valence-electron chi connectivity index (χ3n) is 4.62. The molecule has 0 atom stereocenters. The first-order valence-electron chi connectivity index (χ1n) is 12.9. The zero-order valence-electron chi connectivity index (χ0n) is 26.6. The van der Waals surface area contributed by atoms with E-state index in [1.54, 1.807) is 11.0 Å². The fourth-order valence-corrected chi connectivity index (χ4v) is 3.10. The quantitative estimate of drug-likeness (QED) is 0.148. The van der Waals surface area contributed by atoms with Gasteiger partial charge in [-0.3, -0.25) is 9.36 Å². The van der Waals surface area contributed by atoms with E-state index < -0.39 is 0 Å². The first-order valence-corrected chi connectivity index (χ1v) is 12.9. The van der Waals surface area contributed by atoms with Crippen molar-refractivity contribution >= 4 is 32.8 Å². The summed E-state index contributed by atoms with van der Waals surface area (Å²) in [5, 5.41) is 10.6. The Bertz CT molecular complexity index is 1330. The van der Waals surface area contributed by atoms with Crippen molar-refractivity contribution in [3.8, 4) is 0 Å². The van der Waals surface area contributed by atoms with Crippen LogP contribution in [0.1, 0.15) is 41.5 Å². The molecule has 0 unspecified atom stereocenters. The van der Waals surface area contributed by atoms with E-state index in [0.29, 0.717) is 0 Å².